The molecule has 0 unspecified atom stereocenters. The molecule has 0 aliphatic carbocycles. The van der Waals surface area contributed by atoms with Crippen molar-refractivity contribution in [1.29, 1.82) is 0 Å². The lowest BCUT2D eigenvalue weighted by atomic mass is 9.77. The van der Waals surface area contributed by atoms with E-state index in [1.54, 1.807) is 0 Å². The molecule has 3 heteroatoms. The standard InChI is InChI=1S/C94H112NO.BrH/c1-87(2,3)71-43-65(44-72(53-71)88(4,5)6)61-37-62(66-45-73(89(7,8)9)54-74(46-66)90(10,11)12)40-69(39-61)81-51-59-29-25-27-31-79(59)85-83(81)57-95(33-35-96-36-34-95)58-84-82(52-60-30-26-28-32-80(60)86(84)85)70-41-63(67-47-75(91(13,14)15)55-76(48-67)92(16,17)18)38-64(42-70)68-49-77(93(19,20)21)56-78(50-68)94(22,23)24;/h25-32,37-56H,33-36,57-58H2,1-24H3;1H/q+1;/p-1. The molecule has 0 bridgehead atoms. The zero-order valence-corrected chi connectivity index (χ0v) is 65.2. The SMILES string of the molecule is CC(C)(C)c1cc(-c2cc(-c3cc(C(C)(C)C)cc(C(C)(C)C)c3)cc(-c3cc4ccccc4c4c3C[N+]3(CCOCC3)Cc3c(-c5cc(-c6cc(C(C)(C)C)cc(C(C)(C)C)c6)cc(-c6cc(C(C)(C)C)cc(C(C)(C)C)c6)c5)cc5ccccc5c3-4)c2)cc(C(C)(C)C)c1.[Br-]. The zero-order valence-electron chi connectivity index (χ0n) is 63.6. The summed E-state index contributed by atoms with van der Waals surface area (Å²) < 4.78 is 7.39. The largest absolute Gasteiger partial charge is 1.00 e. The van der Waals surface area contributed by atoms with Crippen molar-refractivity contribution in [1.82, 2.24) is 0 Å². The van der Waals surface area contributed by atoms with Crippen LogP contribution in [0.15, 0.2) is 170 Å². The van der Waals surface area contributed by atoms with Crippen LogP contribution in [0.5, 0.6) is 0 Å². The van der Waals surface area contributed by atoms with Crippen LogP contribution in [-0.2, 0) is 61.1 Å². The maximum absolute atomic E-state index is 6.49. The van der Waals surface area contributed by atoms with Gasteiger partial charge < -0.3 is 26.2 Å². The molecular weight excluding hydrogens is 1240 g/mol. The minimum Gasteiger partial charge on any atom is -1.00 e. The summed E-state index contributed by atoms with van der Waals surface area (Å²) in [4.78, 5) is 0. The lowest BCUT2D eigenvalue weighted by Gasteiger charge is -2.41. The predicted molar refractivity (Wildman–Crippen MR) is 417 cm³/mol. The Bertz CT molecular complexity index is 4070. The van der Waals surface area contributed by atoms with Crippen LogP contribution >= 0.6 is 0 Å². The molecule has 0 atom stereocenters. The van der Waals surface area contributed by atoms with E-state index >= 15 is 0 Å². The molecule has 2 aliphatic rings. The summed E-state index contributed by atoms with van der Waals surface area (Å²) in [6.45, 7) is 61.8. The number of ether oxygens (including phenoxy) is 1. The number of fused-ring (bicyclic) bond motifs is 7. The fraction of sp³-hybridized carbons (Fsp3) is 0.404. The first-order valence-electron chi connectivity index (χ1n) is 36.0. The van der Waals surface area contributed by atoms with Crippen LogP contribution in [0.3, 0.4) is 0 Å². The molecule has 1 spiro atoms. The summed E-state index contributed by atoms with van der Waals surface area (Å²) in [5.41, 5.74) is 31.3. The number of halogens is 1. The Morgan fingerprint density at radius 1 is 0.258 bits per heavy atom. The van der Waals surface area contributed by atoms with Crippen LogP contribution in [0.1, 0.15) is 222 Å². The van der Waals surface area contributed by atoms with E-state index in [2.05, 4.69) is 336 Å². The lowest BCUT2D eigenvalue weighted by molar-refractivity contribution is -0.959. The van der Waals surface area contributed by atoms with Gasteiger partial charge in [-0.15, -0.1) is 0 Å². The molecule has 0 N–H and O–H groups in total. The van der Waals surface area contributed by atoms with E-state index in [0.29, 0.717) is 0 Å². The summed E-state index contributed by atoms with van der Waals surface area (Å²) in [5, 5.41) is 5.13. The van der Waals surface area contributed by atoms with Crippen LogP contribution in [0.4, 0.5) is 0 Å². The molecule has 2 nitrogen and oxygen atoms in total. The quantitative estimate of drug-likeness (QED) is 0.151. The maximum Gasteiger partial charge on any atom is 0.106 e. The van der Waals surface area contributed by atoms with Crippen LogP contribution in [0.2, 0.25) is 0 Å². The number of hydrogen-bond acceptors (Lipinski definition) is 1. The number of morpholine rings is 1. The molecule has 0 aromatic heterocycles. The number of benzene rings is 10. The van der Waals surface area contributed by atoms with Crippen LogP contribution < -0.4 is 17.0 Å². The average Bonchev–Trinajstić information content (AvgIpc) is 1.64. The Balaban J connectivity index is 0.00000954. The van der Waals surface area contributed by atoms with Gasteiger partial charge in [0.2, 0.25) is 0 Å². The fourth-order valence-corrected chi connectivity index (χ4v) is 14.8. The van der Waals surface area contributed by atoms with Crippen molar-refractivity contribution in [3.05, 3.63) is 225 Å². The molecule has 10 aromatic rings. The van der Waals surface area contributed by atoms with Crippen LogP contribution in [0, 0.1) is 0 Å². The summed E-state index contributed by atoms with van der Waals surface area (Å²) in [6, 6.07) is 69.0. The highest BCUT2D eigenvalue weighted by atomic mass is 79.9. The van der Waals surface area contributed by atoms with Crippen molar-refractivity contribution >= 4 is 21.5 Å². The van der Waals surface area contributed by atoms with E-state index in [0.717, 1.165) is 43.9 Å². The molecule has 1 saturated heterocycles. The summed E-state index contributed by atoms with van der Waals surface area (Å²) in [7, 11) is 0. The maximum atomic E-state index is 6.49. The third kappa shape index (κ3) is 14.6. The molecule has 1 fully saturated rings. The molecule has 2 heterocycles. The number of nitrogens with zero attached hydrogens (tertiary/aromatic N) is 1. The third-order valence-corrected chi connectivity index (χ3v) is 21.5. The highest BCUT2D eigenvalue weighted by Crippen LogP contribution is 2.53. The van der Waals surface area contributed by atoms with Gasteiger partial charge in [-0.25, -0.2) is 0 Å². The Hall–Kier alpha value is -6.88. The van der Waals surface area contributed by atoms with Crippen molar-refractivity contribution in [3.63, 3.8) is 0 Å². The van der Waals surface area contributed by atoms with Crippen molar-refractivity contribution in [2.75, 3.05) is 26.3 Å². The number of quaternary nitrogens is 1. The molecule has 506 valence electrons. The minimum atomic E-state index is -0.0527. The Labute approximate surface area is 596 Å². The van der Waals surface area contributed by atoms with E-state index in [1.807, 2.05) is 0 Å². The molecule has 2 aliphatic heterocycles. The summed E-state index contributed by atoms with van der Waals surface area (Å²) in [5.74, 6) is 0. The van der Waals surface area contributed by atoms with Gasteiger partial charge in [0, 0.05) is 22.3 Å². The van der Waals surface area contributed by atoms with Gasteiger partial charge in [0.25, 0.3) is 0 Å². The first-order chi connectivity index (χ1) is 44.5. The molecule has 97 heavy (non-hydrogen) atoms. The Morgan fingerprint density at radius 3 is 0.711 bits per heavy atom. The Morgan fingerprint density at radius 2 is 0.474 bits per heavy atom. The second-order valence-corrected chi connectivity index (χ2v) is 37.5. The van der Waals surface area contributed by atoms with Gasteiger partial charge in [-0.2, -0.15) is 0 Å². The van der Waals surface area contributed by atoms with Gasteiger partial charge in [-0.05, 0) is 225 Å². The van der Waals surface area contributed by atoms with E-state index in [1.165, 1.54) is 155 Å². The number of rotatable bonds is 6. The minimum absolute atomic E-state index is 0. The van der Waals surface area contributed by atoms with Crippen molar-refractivity contribution in [2.45, 2.75) is 223 Å². The van der Waals surface area contributed by atoms with Crippen LogP contribution in [0.25, 0.3) is 99.4 Å². The lowest BCUT2D eigenvalue weighted by Crippen LogP contribution is -3.00. The molecule has 10 aromatic carbocycles. The topological polar surface area (TPSA) is 9.23 Å². The van der Waals surface area contributed by atoms with Gasteiger partial charge in [0.1, 0.15) is 26.2 Å². The second kappa shape index (κ2) is 25.1. The van der Waals surface area contributed by atoms with E-state index < -0.39 is 0 Å². The zero-order chi connectivity index (χ0) is 69.4. The van der Waals surface area contributed by atoms with E-state index in [4.69, 9.17) is 4.74 Å². The Kier molecular flexibility index (Phi) is 18.5. The van der Waals surface area contributed by atoms with E-state index in [-0.39, 0.29) is 60.3 Å². The van der Waals surface area contributed by atoms with Gasteiger partial charge in [-0.3, -0.25) is 0 Å². The van der Waals surface area contributed by atoms with Gasteiger partial charge >= 0.3 is 0 Å². The van der Waals surface area contributed by atoms with E-state index in [9.17, 15) is 0 Å². The smallest absolute Gasteiger partial charge is 0.106 e. The molecular formula is C94H112BrNO. The monoisotopic (exact) mass is 1350 g/mol. The molecule has 12 rings (SSSR count). The number of hydrogen-bond donors (Lipinski definition) is 0. The van der Waals surface area contributed by atoms with Gasteiger partial charge in [0.15, 0.2) is 0 Å². The fourth-order valence-electron chi connectivity index (χ4n) is 14.8. The summed E-state index contributed by atoms with van der Waals surface area (Å²) in [6.07, 6.45) is 0. The van der Waals surface area contributed by atoms with Gasteiger partial charge in [-0.1, -0.05) is 287 Å². The summed E-state index contributed by atoms with van der Waals surface area (Å²) >= 11 is 0. The average molecular weight is 1350 g/mol. The highest BCUT2D eigenvalue weighted by molar-refractivity contribution is 6.12. The first-order valence-corrected chi connectivity index (χ1v) is 36.0. The van der Waals surface area contributed by atoms with Crippen LogP contribution in [-0.4, -0.2) is 30.8 Å². The third-order valence-electron chi connectivity index (χ3n) is 21.5. The predicted octanol–water partition coefficient (Wildman–Crippen LogP) is 22.9. The van der Waals surface area contributed by atoms with Crippen molar-refractivity contribution in [3.8, 4) is 77.9 Å². The van der Waals surface area contributed by atoms with Crippen molar-refractivity contribution < 1.29 is 26.2 Å². The molecule has 0 amide bonds. The normalized spacial score (nSPS) is 14.9. The van der Waals surface area contributed by atoms with Crippen molar-refractivity contribution in [2.24, 2.45) is 0 Å². The molecule has 0 saturated carbocycles. The first kappa shape index (κ1) is 71.4. The van der Waals surface area contributed by atoms with Gasteiger partial charge in [0.05, 0.1) is 13.2 Å². The molecule has 0 radical (unpaired) electrons. The highest BCUT2D eigenvalue weighted by Gasteiger charge is 2.40. The second-order valence-electron chi connectivity index (χ2n) is 37.5.